The van der Waals surface area contributed by atoms with E-state index in [-0.39, 0.29) is 52.2 Å². The van der Waals surface area contributed by atoms with Crippen LogP contribution in [0.15, 0.2) is 36.4 Å². The molecule has 0 radical (unpaired) electrons. The molecule has 0 spiro atoms. The van der Waals surface area contributed by atoms with E-state index in [9.17, 15) is 19.2 Å². The number of carbonyl (C=O) groups excluding carboxylic acids is 4. The molecule has 2 saturated heterocycles. The van der Waals surface area contributed by atoms with Gasteiger partial charge in [0.2, 0.25) is 17.7 Å². The van der Waals surface area contributed by atoms with E-state index in [0.29, 0.717) is 29.8 Å². The first kappa shape index (κ1) is 26.1. The molecule has 2 aliphatic heterocycles. The summed E-state index contributed by atoms with van der Waals surface area (Å²) in [5, 5.41) is 0. The molecule has 0 aromatic heterocycles. The second-order valence-corrected chi connectivity index (χ2v) is 12.6. The maximum absolute atomic E-state index is 13.2. The summed E-state index contributed by atoms with van der Waals surface area (Å²) in [7, 11) is 0. The number of anilines is 2. The molecule has 1 aliphatic carbocycles. The van der Waals surface area contributed by atoms with Crippen LogP contribution in [0.1, 0.15) is 36.0 Å². The molecule has 7 nitrogen and oxygen atoms in total. The minimum atomic E-state index is -0.576. The number of alkyl halides is 2. The highest BCUT2D eigenvalue weighted by Gasteiger charge is 2.52. The van der Waals surface area contributed by atoms with Crippen LogP contribution in [0.3, 0.4) is 0 Å². The van der Waals surface area contributed by atoms with Gasteiger partial charge in [-0.1, -0.05) is 37.9 Å². The van der Waals surface area contributed by atoms with E-state index in [1.54, 1.807) is 30.0 Å². The highest BCUT2D eigenvalue weighted by atomic mass is 79.9. The summed E-state index contributed by atoms with van der Waals surface area (Å²) in [6, 6.07) is 10.7. The summed E-state index contributed by atoms with van der Waals surface area (Å²) in [5.41, 5.74) is 4.18. The number of nitrogens with zero attached hydrogens (tertiary/aromatic N) is 2. The van der Waals surface area contributed by atoms with Gasteiger partial charge in [-0.15, -0.1) is 0 Å². The van der Waals surface area contributed by atoms with Gasteiger partial charge in [-0.2, -0.15) is 0 Å². The average molecular weight is 632 g/mol. The lowest BCUT2D eigenvalue weighted by Gasteiger charge is -2.29. The Balaban J connectivity index is 1.28. The van der Waals surface area contributed by atoms with Crippen LogP contribution in [0, 0.1) is 38.5 Å². The van der Waals surface area contributed by atoms with Gasteiger partial charge in [0, 0.05) is 28.3 Å². The van der Waals surface area contributed by atoms with Gasteiger partial charge in [-0.25, -0.2) is 4.90 Å². The molecule has 3 amide bonds. The van der Waals surface area contributed by atoms with E-state index in [1.165, 1.54) is 4.90 Å². The number of ether oxygens (including phenoxy) is 1. The third-order valence-electron chi connectivity index (χ3n) is 7.80. The number of fused-ring (bicyclic) bond motifs is 1. The summed E-state index contributed by atoms with van der Waals surface area (Å²) in [5.74, 6) is -1.86. The summed E-state index contributed by atoms with van der Waals surface area (Å²) in [6.45, 7) is 6.06. The fraction of sp³-hybridized carbons (Fsp3) is 0.429. The molecule has 0 N–H and O–H groups in total. The van der Waals surface area contributed by atoms with Crippen molar-refractivity contribution in [3.05, 3.63) is 53.1 Å². The molecule has 2 heterocycles. The summed E-state index contributed by atoms with van der Waals surface area (Å²) >= 11 is 7.23. The third-order valence-corrected chi connectivity index (χ3v) is 10.5. The average Bonchev–Trinajstić information content (AvgIpc) is 3.34. The van der Waals surface area contributed by atoms with Crippen molar-refractivity contribution in [3.8, 4) is 5.75 Å². The predicted octanol–water partition coefficient (Wildman–Crippen LogP) is 5.00. The van der Waals surface area contributed by atoms with Crippen molar-refractivity contribution in [1.29, 1.82) is 0 Å². The molecular formula is C28H28Br2N2O5. The Morgan fingerprint density at radius 1 is 0.865 bits per heavy atom. The zero-order valence-electron chi connectivity index (χ0n) is 20.9. The Bertz CT molecular complexity index is 1280. The minimum Gasteiger partial charge on any atom is -0.426 e. The Morgan fingerprint density at radius 3 is 2.11 bits per heavy atom. The molecule has 3 fully saturated rings. The number of imide groups is 1. The van der Waals surface area contributed by atoms with Gasteiger partial charge in [-0.3, -0.25) is 19.2 Å². The Labute approximate surface area is 232 Å². The molecule has 5 atom stereocenters. The zero-order chi connectivity index (χ0) is 26.6. The smallest absolute Gasteiger partial charge is 0.316 e. The van der Waals surface area contributed by atoms with Gasteiger partial charge in [0.15, 0.2) is 0 Å². The van der Waals surface area contributed by atoms with Gasteiger partial charge in [0.25, 0.3) is 0 Å². The van der Waals surface area contributed by atoms with Gasteiger partial charge in [0.1, 0.15) is 5.75 Å². The largest absolute Gasteiger partial charge is 0.426 e. The molecule has 37 heavy (non-hydrogen) atoms. The fourth-order valence-electron chi connectivity index (χ4n) is 5.48. The van der Waals surface area contributed by atoms with Crippen LogP contribution >= 0.6 is 31.9 Å². The quantitative estimate of drug-likeness (QED) is 0.205. The van der Waals surface area contributed by atoms with Gasteiger partial charge in [0.05, 0.1) is 23.4 Å². The van der Waals surface area contributed by atoms with Crippen LogP contribution in [-0.2, 0) is 19.2 Å². The SMILES string of the molecule is Cc1ccc(N2C[C@H](C(=O)Oc3ccc(N4C(=O)[C@@H]5C[C@H](Br)[C@@H](Br)C[C@H]5C4=O)c(C)c3)CC2=O)cc1C. The molecule has 2 aromatic rings. The van der Waals surface area contributed by atoms with E-state index in [2.05, 4.69) is 31.9 Å². The van der Waals surface area contributed by atoms with Crippen molar-refractivity contribution in [1.82, 2.24) is 0 Å². The summed E-state index contributed by atoms with van der Waals surface area (Å²) in [6.07, 6.45) is 1.30. The van der Waals surface area contributed by atoms with Crippen LogP contribution in [0.5, 0.6) is 5.75 Å². The number of hydrogen-bond donors (Lipinski definition) is 0. The number of halogens is 2. The van der Waals surface area contributed by atoms with Crippen LogP contribution in [0.25, 0.3) is 0 Å². The van der Waals surface area contributed by atoms with E-state index in [4.69, 9.17) is 4.74 Å². The molecule has 0 bridgehead atoms. The van der Waals surface area contributed by atoms with Gasteiger partial charge >= 0.3 is 5.97 Å². The number of benzene rings is 2. The number of esters is 1. The lowest BCUT2D eigenvalue weighted by atomic mass is 9.81. The van der Waals surface area contributed by atoms with Crippen molar-refractivity contribution >= 4 is 66.9 Å². The first-order valence-electron chi connectivity index (χ1n) is 12.4. The first-order valence-corrected chi connectivity index (χ1v) is 14.2. The van der Waals surface area contributed by atoms with Gasteiger partial charge in [-0.05, 0) is 80.6 Å². The van der Waals surface area contributed by atoms with Crippen LogP contribution in [0.2, 0.25) is 0 Å². The first-order chi connectivity index (χ1) is 17.5. The highest BCUT2D eigenvalue weighted by molar-refractivity contribution is 9.12. The van der Waals surface area contributed by atoms with Crippen molar-refractivity contribution in [2.24, 2.45) is 17.8 Å². The van der Waals surface area contributed by atoms with Crippen LogP contribution < -0.4 is 14.5 Å². The van der Waals surface area contributed by atoms with Crippen molar-refractivity contribution in [2.45, 2.75) is 49.7 Å². The lowest BCUT2D eigenvalue weighted by Crippen LogP contribution is -2.34. The summed E-state index contributed by atoms with van der Waals surface area (Å²) in [4.78, 5) is 55.1. The molecule has 194 valence electrons. The van der Waals surface area contributed by atoms with E-state index in [1.807, 2.05) is 32.0 Å². The van der Waals surface area contributed by atoms with E-state index in [0.717, 1.165) is 16.8 Å². The summed E-state index contributed by atoms with van der Waals surface area (Å²) < 4.78 is 5.63. The Hall–Kier alpha value is -2.52. The second kappa shape index (κ2) is 9.98. The molecule has 2 aromatic carbocycles. The topological polar surface area (TPSA) is 84.0 Å². The second-order valence-electron chi connectivity index (χ2n) is 10.3. The molecule has 9 heteroatoms. The predicted molar refractivity (Wildman–Crippen MR) is 147 cm³/mol. The lowest BCUT2D eigenvalue weighted by molar-refractivity contribution is -0.139. The van der Waals surface area contributed by atoms with Crippen molar-refractivity contribution in [2.75, 3.05) is 16.3 Å². The monoisotopic (exact) mass is 630 g/mol. The normalized spacial score (nSPS) is 27.6. The maximum Gasteiger partial charge on any atom is 0.316 e. The molecule has 1 saturated carbocycles. The molecule has 5 rings (SSSR count). The number of carbonyl (C=O) groups is 4. The number of aryl methyl sites for hydroxylation is 3. The van der Waals surface area contributed by atoms with Crippen LogP contribution in [0.4, 0.5) is 11.4 Å². The Kier molecular flexibility index (Phi) is 7.04. The molecule has 0 unspecified atom stereocenters. The fourth-order valence-corrected chi connectivity index (χ4v) is 6.72. The third kappa shape index (κ3) is 4.76. The van der Waals surface area contributed by atoms with Crippen LogP contribution in [-0.4, -0.2) is 39.9 Å². The van der Waals surface area contributed by atoms with E-state index >= 15 is 0 Å². The van der Waals surface area contributed by atoms with E-state index < -0.39 is 11.9 Å². The number of rotatable bonds is 4. The maximum atomic E-state index is 13.2. The zero-order valence-corrected chi connectivity index (χ0v) is 24.0. The number of amides is 3. The number of hydrogen-bond acceptors (Lipinski definition) is 5. The van der Waals surface area contributed by atoms with Crippen molar-refractivity contribution < 1.29 is 23.9 Å². The van der Waals surface area contributed by atoms with Crippen molar-refractivity contribution in [3.63, 3.8) is 0 Å². The molecule has 3 aliphatic rings. The standard InChI is InChI=1S/C28H28Br2N2O5/c1-14-4-5-18(8-15(14)2)31-13-17(10-25(31)33)28(36)37-19-6-7-24(16(3)9-19)32-26(34)20-11-22(29)23(30)12-21(20)27(32)35/h4-9,17,20-23H,10-13H2,1-3H3/t17-,20-,21-,22+,23+/m1/s1. The van der Waals surface area contributed by atoms with Gasteiger partial charge < -0.3 is 9.64 Å². The highest BCUT2D eigenvalue weighted by Crippen LogP contribution is 2.45. The minimum absolute atomic E-state index is 0.0888. The molecular weight excluding hydrogens is 604 g/mol. The Morgan fingerprint density at radius 2 is 1.51 bits per heavy atom.